The van der Waals surface area contributed by atoms with Gasteiger partial charge in [0.05, 0.1) is 19.1 Å². The fraction of sp³-hybridized carbons (Fsp3) is 0.429. The lowest BCUT2D eigenvalue weighted by molar-refractivity contribution is -0.126. The van der Waals surface area contributed by atoms with Gasteiger partial charge in [-0.25, -0.2) is 9.97 Å². The number of piperidine rings is 1. The van der Waals surface area contributed by atoms with E-state index in [1.165, 1.54) is 0 Å². The number of carbonyl (C=O) groups excluding carboxylic acids is 2. The molecule has 1 aromatic carbocycles. The highest BCUT2D eigenvalue weighted by Gasteiger charge is 2.24. The highest BCUT2D eigenvalue weighted by molar-refractivity contribution is 5.94. The second-order valence-corrected chi connectivity index (χ2v) is 7.49. The van der Waals surface area contributed by atoms with Gasteiger partial charge in [-0.15, -0.1) is 0 Å². The Balaban J connectivity index is 1.38. The molecule has 0 saturated carbocycles. The maximum Gasteiger partial charge on any atom is 0.229 e. The van der Waals surface area contributed by atoms with Gasteiger partial charge >= 0.3 is 0 Å². The van der Waals surface area contributed by atoms with Crippen LogP contribution in [-0.2, 0) is 14.3 Å². The number of hydrogen-bond donors (Lipinski definition) is 3. The molecule has 0 bridgehead atoms. The smallest absolute Gasteiger partial charge is 0.229 e. The predicted octanol–water partition coefficient (Wildman–Crippen LogP) is 1.83. The summed E-state index contributed by atoms with van der Waals surface area (Å²) in [5.41, 5.74) is 1.58. The Morgan fingerprint density at radius 2 is 1.90 bits per heavy atom. The van der Waals surface area contributed by atoms with Crippen LogP contribution in [0.3, 0.4) is 0 Å². The molecule has 2 amide bonds. The minimum atomic E-state index is -0.192. The fourth-order valence-electron chi connectivity index (χ4n) is 3.56. The summed E-state index contributed by atoms with van der Waals surface area (Å²) >= 11 is 0. The van der Waals surface area contributed by atoms with Gasteiger partial charge in [0.2, 0.25) is 11.8 Å². The third-order valence-electron chi connectivity index (χ3n) is 5.22. The number of benzene rings is 1. The van der Waals surface area contributed by atoms with Crippen molar-refractivity contribution in [3.63, 3.8) is 0 Å². The van der Waals surface area contributed by atoms with Gasteiger partial charge in [0.15, 0.2) is 0 Å². The summed E-state index contributed by atoms with van der Waals surface area (Å²) in [6, 6.07) is 9.41. The van der Waals surface area contributed by atoms with Gasteiger partial charge < -0.3 is 25.6 Å². The number of aryl methyl sites for hydroxylation is 1. The number of aromatic nitrogens is 2. The summed E-state index contributed by atoms with van der Waals surface area (Å²) in [6.07, 6.45) is 0.974. The van der Waals surface area contributed by atoms with E-state index in [9.17, 15) is 9.59 Å². The van der Waals surface area contributed by atoms with Gasteiger partial charge in [-0.2, -0.15) is 0 Å². The number of hydrogen-bond acceptors (Lipinski definition) is 7. The Morgan fingerprint density at radius 1 is 1.17 bits per heavy atom. The Kier molecular flexibility index (Phi) is 6.08. The maximum absolute atomic E-state index is 12.4. The first-order valence-electron chi connectivity index (χ1n) is 10.2. The minimum Gasteiger partial charge on any atom is -0.378 e. The molecule has 2 fully saturated rings. The summed E-state index contributed by atoms with van der Waals surface area (Å²) < 4.78 is 5.41. The summed E-state index contributed by atoms with van der Waals surface area (Å²) in [7, 11) is 0. The first-order chi connectivity index (χ1) is 14.6. The topological polar surface area (TPSA) is 108 Å². The van der Waals surface area contributed by atoms with Crippen LogP contribution in [-0.4, -0.2) is 54.6 Å². The van der Waals surface area contributed by atoms with Crippen molar-refractivity contribution in [2.45, 2.75) is 19.8 Å². The second-order valence-electron chi connectivity index (χ2n) is 7.49. The lowest BCUT2D eigenvalue weighted by Crippen LogP contribution is -2.40. The van der Waals surface area contributed by atoms with Crippen molar-refractivity contribution < 1.29 is 14.3 Å². The van der Waals surface area contributed by atoms with Crippen molar-refractivity contribution in [3.05, 3.63) is 36.2 Å². The molecule has 3 N–H and O–H groups in total. The number of ether oxygens (including phenoxy) is 1. The van der Waals surface area contributed by atoms with Crippen molar-refractivity contribution >= 4 is 34.8 Å². The Bertz CT molecular complexity index is 901. The van der Waals surface area contributed by atoms with Crippen LogP contribution in [0.1, 0.15) is 18.7 Å². The first-order valence-corrected chi connectivity index (χ1v) is 10.2. The highest BCUT2D eigenvalue weighted by atomic mass is 16.5. The molecular formula is C21H26N6O3. The number of carbonyl (C=O) groups is 2. The zero-order valence-corrected chi connectivity index (χ0v) is 17.0. The number of anilines is 4. The van der Waals surface area contributed by atoms with Crippen molar-refractivity contribution in [1.82, 2.24) is 15.3 Å². The molecule has 9 heteroatoms. The predicted molar refractivity (Wildman–Crippen MR) is 114 cm³/mol. The summed E-state index contributed by atoms with van der Waals surface area (Å²) in [5, 5.41) is 8.96. The van der Waals surface area contributed by atoms with Crippen molar-refractivity contribution in [2.24, 2.45) is 5.92 Å². The minimum absolute atomic E-state index is 0.00575. The second kappa shape index (κ2) is 9.08. The number of amides is 2. The molecule has 0 aliphatic carbocycles. The molecule has 2 aromatic rings. The van der Waals surface area contributed by atoms with E-state index in [4.69, 9.17) is 4.74 Å². The Morgan fingerprint density at radius 3 is 2.60 bits per heavy atom. The maximum atomic E-state index is 12.4. The van der Waals surface area contributed by atoms with Crippen LogP contribution in [0.2, 0.25) is 0 Å². The summed E-state index contributed by atoms with van der Waals surface area (Å²) in [4.78, 5) is 34.8. The van der Waals surface area contributed by atoms with Crippen molar-refractivity contribution in [2.75, 3.05) is 48.4 Å². The molecule has 1 unspecified atom stereocenters. The van der Waals surface area contributed by atoms with Gasteiger partial charge in [0.1, 0.15) is 17.5 Å². The molecule has 2 aliphatic heterocycles. The molecule has 1 atom stereocenters. The van der Waals surface area contributed by atoms with Crippen LogP contribution >= 0.6 is 0 Å². The van der Waals surface area contributed by atoms with E-state index in [0.717, 1.165) is 36.1 Å². The average Bonchev–Trinajstić information content (AvgIpc) is 2.76. The summed E-state index contributed by atoms with van der Waals surface area (Å²) in [5.74, 6) is 2.05. The molecule has 2 saturated heterocycles. The molecule has 0 spiro atoms. The normalized spacial score (nSPS) is 19.2. The van der Waals surface area contributed by atoms with Crippen molar-refractivity contribution in [3.8, 4) is 0 Å². The van der Waals surface area contributed by atoms with E-state index in [0.29, 0.717) is 38.4 Å². The van der Waals surface area contributed by atoms with Gasteiger partial charge in [-0.1, -0.05) is 0 Å². The van der Waals surface area contributed by atoms with Gasteiger partial charge in [0, 0.05) is 43.5 Å². The third kappa shape index (κ3) is 5.04. The van der Waals surface area contributed by atoms with Gasteiger partial charge in [-0.3, -0.25) is 9.59 Å². The van der Waals surface area contributed by atoms with Crippen LogP contribution in [0, 0.1) is 12.8 Å². The van der Waals surface area contributed by atoms with Gasteiger partial charge in [0.25, 0.3) is 0 Å². The van der Waals surface area contributed by atoms with E-state index < -0.39 is 0 Å². The van der Waals surface area contributed by atoms with Crippen LogP contribution < -0.4 is 20.9 Å². The van der Waals surface area contributed by atoms with Crippen LogP contribution in [0.4, 0.5) is 23.0 Å². The van der Waals surface area contributed by atoms with Crippen LogP contribution in [0.5, 0.6) is 0 Å². The standard InChI is InChI=1S/C21H26N6O3/c1-14-23-18(12-19(24-14)27-8-10-30-11-9-27)25-16-3-5-17(6-4-16)26-21(29)15-2-7-20(28)22-13-15/h3-6,12,15H,2,7-11,13H2,1H3,(H,22,28)(H,26,29)(H,23,24,25). The van der Waals surface area contributed by atoms with E-state index in [1.54, 1.807) is 0 Å². The lowest BCUT2D eigenvalue weighted by Gasteiger charge is -2.28. The first kappa shape index (κ1) is 20.1. The molecule has 1 aromatic heterocycles. The number of morpholine rings is 1. The molecule has 30 heavy (non-hydrogen) atoms. The zero-order chi connectivity index (χ0) is 20.9. The largest absolute Gasteiger partial charge is 0.378 e. The molecule has 0 radical (unpaired) electrons. The highest BCUT2D eigenvalue weighted by Crippen LogP contribution is 2.22. The zero-order valence-electron chi connectivity index (χ0n) is 17.0. The number of nitrogens with one attached hydrogen (secondary N) is 3. The van der Waals surface area contributed by atoms with E-state index in [-0.39, 0.29) is 17.7 Å². The fourth-order valence-corrected chi connectivity index (χ4v) is 3.56. The Hall–Kier alpha value is -3.20. The van der Waals surface area contributed by atoms with Crippen molar-refractivity contribution in [1.29, 1.82) is 0 Å². The van der Waals surface area contributed by atoms with E-state index >= 15 is 0 Å². The SMILES string of the molecule is Cc1nc(Nc2ccc(NC(=O)C3CCC(=O)NC3)cc2)cc(N2CCOCC2)n1. The Labute approximate surface area is 175 Å². The third-order valence-corrected chi connectivity index (χ3v) is 5.22. The van der Waals surface area contributed by atoms with Crippen LogP contribution in [0.15, 0.2) is 30.3 Å². The molecule has 158 valence electrons. The average molecular weight is 410 g/mol. The quantitative estimate of drug-likeness (QED) is 0.690. The molecule has 2 aliphatic rings. The van der Waals surface area contributed by atoms with E-state index in [2.05, 4.69) is 30.8 Å². The number of rotatable bonds is 5. The molecule has 3 heterocycles. The lowest BCUT2D eigenvalue weighted by atomic mass is 9.98. The number of nitrogens with zero attached hydrogens (tertiary/aromatic N) is 3. The van der Waals surface area contributed by atoms with Crippen LogP contribution in [0.25, 0.3) is 0 Å². The molecule has 9 nitrogen and oxygen atoms in total. The molecular weight excluding hydrogens is 384 g/mol. The van der Waals surface area contributed by atoms with Gasteiger partial charge in [-0.05, 0) is 37.6 Å². The van der Waals surface area contributed by atoms with E-state index in [1.807, 2.05) is 37.3 Å². The molecule has 4 rings (SSSR count). The summed E-state index contributed by atoms with van der Waals surface area (Å²) in [6.45, 7) is 5.30. The monoisotopic (exact) mass is 410 g/mol.